The number of hydrogen-bond acceptors (Lipinski definition) is 3. The standard InChI is InChI=1S/C21H32N2O3/c1-15-20(2,3)17-6-7-21(15,13-17)19(25)23-8-4-5-16(14-23)18(24)22-9-11-26-12-10-22/h16-17H,1,4-14H2,2-3H3/t16-,17-,21-/m1/s1. The second kappa shape index (κ2) is 6.36. The molecule has 0 spiro atoms. The second-order valence-corrected chi connectivity index (χ2v) is 9.25. The van der Waals surface area contributed by atoms with E-state index in [9.17, 15) is 9.59 Å². The summed E-state index contributed by atoms with van der Waals surface area (Å²) < 4.78 is 5.36. The van der Waals surface area contributed by atoms with Crippen molar-refractivity contribution >= 4 is 11.8 Å². The molecule has 2 saturated heterocycles. The lowest BCUT2D eigenvalue weighted by molar-refractivity contribution is -0.147. The van der Waals surface area contributed by atoms with E-state index in [1.807, 2.05) is 9.80 Å². The van der Waals surface area contributed by atoms with Crippen LogP contribution in [0.15, 0.2) is 12.2 Å². The van der Waals surface area contributed by atoms with Crippen molar-refractivity contribution in [2.75, 3.05) is 39.4 Å². The molecule has 2 amide bonds. The second-order valence-electron chi connectivity index (χ2n) is 9.25. The summed E-state index contributed by atoms with van der Waals surface area (Å²) >= 11 is 0. The average molecular weight is 360 g/mol. The van der Waals surface area contributed by atoms with Gasteiger partial charge in [0.05, 0.1) is 24.5 Å². The molecular weight excluding hydrogens is 328 g/mol. The molecule has 2 heterocycles. The maximum absolute atomic E-state index is 13.5. The number of ether oxygens (including phenoxy) is 1. The van der Waals surface area contributed by atoms with Crippen LogP contribution >= 0.6 is 0 Å². The summed E-state index contributed by atoms with van der Waals surface area (Å²) in [4.78, 5) is 30.3. The Kier molecular flexibility index (Phi) is 4.41. The molecule has 0 aromatic carbocycles. The molecule has 26 heavy (non-hydrogen) atoms. The highest BCUT2D eigenvalue weighted by Gasteiger charge is 2.61. The third-order valence-corrected chi connectivity index (χ3v) is 7.68. The Morgan fingerprint density at radius 1 is 1.12 bits per heavy atom. The number of nitrogens with zero attached hydrogens (tertiary/aromatic N) is 2. The summed E-state index contributed by atoms with van der Waals surface area (Å²) in [5.74, 6) is 0.977. The number of carbonyl (C=O) groups is 2. The van der Waals surface area contributed by atoms with E-state index in [1.165, 1.54) is 0 Å². The van der Waals surface area contributed by atoms with Crippen molar-refractivity contribution in [3.63, 3.8) is 0 Å². The van der Waals surface area contributed by atoms with Gasteiger partial charge in [-0.3, -0.25) is 9.59 Å². The summed E-state index contributed by atoms with van der Waals surface area (Å²) in [6.45, 7) is 12.8. The van der Waals surface area contributed by atoms with Gasteiger partial charge in [-0.25, -0.2) is 0 Å². The minimum absolute atomic E-state index is 0.0536. The number of hydrogen-bond donors (Lipinski definition) is 0. The SMILES string of the molecule is C=C1C(C)(C)[C@@H]2CC[C@@]1(C(=O)N1CCC[C@@H](C(=O)N3CCOCC3)C1)C2. The van der Waals surface area contributed by atoms with Gasteiger partial charge in [-0.2, -0.15) is 0 Å². The van der Waals surface area contributed by atoms with Gasteiger partial charge in [0.1, 0.15) is 0 Å². The number of rotatable bonds is 2. The van der Waals surface area contributed by atoms with E-state index < -0.39 is 0 Å². The van der Waals surface area contributed by atoms with Crippen LogP contribution in [0.2, 0.25) is 0 Å². The molecule has 5 heteroatoms. The molecule has 2 aliphatic heterocycles. The zero-order valence-electron chi connectivity index (χ0n) is 16.3. The Morgan fingerprint density at radius 2 is 1.85 bits per heavy atom. The fourth-order valence-corrected chi connectivity index (χ4v) is 5.83. The van der Waals surface area contributed by atoms with Crippen molar-refractivity contribution < 1.29 is 14.3 Å². The van der Waals surface area contributed by atoms with E-state index in [-0.39, 0.29) is 28.6 Å². The van der Waals surface area contributed by atoms with Crippen molar-refractivity contribution in [1.82, 2.24) is 9.80 Å². The highest BCUT2D eigenvalue weighted by atomic mass is 16.5. The molecule has 2 saturated carbocycles. The molecule has 2 aliphatic carbocycles. The van der Waals surface area contributed by atoms with Crippen LogP contribution in [0.3, 0.4) is 0 Å². The third kappa shape index (κ3) is 2.62. The van der Waals surface area contributed by atoms with Gasteiger partial charge in [0.2, 0.25) is 11.8 Å². The molecule has 2 bridgehead atoms. The summed E-state index contributed by atoms with van der Waals surface area (Å²) in [6, 6.07) is 0. The lowest BCUT2D eigenvalue weighted by Crippen LogP contribution is -2.52. The molecule has 0 radical (unpaired) electrons. The van der Waals surface area contributed by atoms with Gasteiger partial charge >= 0.3 is 0 Å². The van der Waals surface area contributed by atoms with Crippen molar-refractivity contribution in [2.24, 2.45) is 22.7 Å². The van der Waals surface area contributed by atoms with E-state index >= 15 is 0 Å². The average Bonchev–Trinajstić information content (AvgIpc) is 3.20. The first-order valence-corrected chi connectivity index (χ1v) is 10.2. The highest BCUT2D eigenvalue weighted by Crippen LogP contribution is 2.66. The van der Waals surface area contributed by atoms with Gasteiger partial charge in [-0.1, -0.05) is 26.0 Å². The van der Waals surface area contributed by atoms with Crippen LogP contribution in [0.25, 0.3) is 0 Å². The van der Waals surface area contributed by atoms with Crippen molar-refractivity contribution in [1.29, 1.82) is 0 Å². The number of carbonyl (C=O) groups excluding carboxylic acids is 2. The largest absolute Gasteiger partial charge is 0.378 e. The summed E-state index contributed by atoms with van der Waals surface area (Å²) in [6.07, 6.45) is 4.83. The molecule has 5 nitrogen and oxygen atoms in total. The van der Waals surface area contributed by atoms with Gasteiger partial charge in [0, 0.05) is 26.2 Å². The molecule has 4 fully saturated rings. The monoisotopic (exact) mass is 360 g/mol. The third-order valence-electron chi connectivity index (χ3n) is 7.68. The van der Waals surface area contributed by atoms with Crippen molar-refractivity contribution in [2.45, 2.75) is 46.0 Å². The van der Waals surface area contributed by atoms with E-state index in [2.05, 4.69) is 20.4 Å². The smallest absolute Gasteiger partial charge is 0.232 e. The topological polar surface area (TPSA) is 49.9 Å². The first-order valence-electron chi connectivity index (χ1n) is 10.2. The minimum atomic E-state index is -0.363. The Labute approximate surface area is 156 Å². The Hall–Kier alpha value is -1.36. The zero-order valence-corrected chi connectivity index (χ0v) is 16.3. The van der Waals surface area contributed by atoms with E-state index in [0.717, 1.165) is 44.2 Å². The van der Waals surface area contributed by atoms with Crippen LogP contribution in [-0.4, -0.2) is 61.0 Å². The van der Waals surface area contributed by atoms with Gasteiger partial charge in [-0.15, -0.1) is 0 Å². The Morgan fingerprint density at radius 3 is 2.50 bits per heavy atom. The Balaban J connectivity index is 1.47. The van der Waals surface area contributed by atoms with Gasteiger partial charge < -0.3 is 14.5 Å². The summed E-state index contributed by atoms with van der Waals surface area (Å²) in [5.41, 5.74) is 0.831. The molecule has 3 atom stereocenters. The molecule has 4 aliphatic rings. The van der Waals surface area contributed by atoms with E-state index in [1.54, 1.807) is 0 Å². The number of morpholine rings is 1. The molecule has 0 N–H and O–H groups in total. The van der Waals surface area contributed by atoms with Gasteiger partial charge in [-0.05, 0) is 43.4 Å². The van der Waals surface area contributed by atoms with Crippen LogP contribution < -0.4 is 0 Å². The van der Waals surface area contributed by atoms with Gasteiger partial charge in [0.15, 0.2) is 0 Å². The molecule has 144 valence electrons. The fraction of sp³-hybridized carbons (Fsp3) is 0.810. The van der Waals surface area contributed by atoms with Crippen LogP contribution in [0.4, 0.5) is 0 Å². The predicted octanol–water partition coefficient (Wildman–Crippen LogP) is 2.47. The molecular formula is C21H32N2O3. The number of likely N-dealkylation sites (tertiary alicyclic amines) is 1. The molecule has 0 aromatic heterocycles. The number of amides is 2. The quantitative estimate of drug-likeness (QED) is 0.711. The lowest BCUT2D eigenvalue weighted by atomic mass is 9.68. The maximum Gasteiger partial charge on any atom is 0.232 e. The Bertz CT molecular complexity index is 623. The predicted molar refractivity (Wildman–Crippen MR) is 99.4 cm³/mol. The van der Waals surface area contributed by atoms with Crippen molar-refractivity contribution in [3.05, 3.63) is 12.2 Å². The number of piperidine rings is 1. The first kappa shape index (κ1) is 18.0. The van der Waals surface area contributed by atoms with Gasteiger partial charge in [0.25, 0.3) is 0 Å². The van der Waals surface area contributed by atoms with Crippen LogP contribution in [0, 0.1) is 22.7 Å². The van der Waals surface area contributed by atoms with E-state index in [0.29, 0.717) is 38.8 Å². The highest BCUT2D eigenvalue weighted by molar-refractivity contribution is 5.88. The molecule has 0 aromatic rings. The zero-order chi connectivity index (χ0) is 18.5. The molecule has 4 rings (SSSR count). The van der Waals surface area contributed by atoms with Crippen LogP contribution in [0.5, 0.6) is 0 Å². The normalized spacial score (nSPS) is 36.5. The fourth-order valence-electron chi connectivity index (χ4n) is 5.83. The van der Waals surface area contributed by atoms with Crippen LogP contribution in [-0.2, 0) is 14.3 Å². The lowest BCUT2D eigenvalue weighted by Gasteiger charge is -2.42. The maximum atomic E-state index is 13.5. The first-order chi connectivity index (χ1) is 12.4. The number of fused-ring (bicyclic) bond motifs is 2. The summed E-state index contributed by atoms with van der Waals surface area (Å²) in [5, 5.41) is 0. The minimum Gasteiger partial charge on any atom is -0.378 e. The van der Waals surface area contributed by atoms with E-state index in [4.69, 9.17) is 4.74 Å². The summed E-state index contributed by atoms with van der Waals surface area (Å²) in [7, 11) is 0. The van der Waals surface area contributed by atoms with Crippen molar-refractivity contribution in [3.8, 4) is 0 Å². The van der Waals surface area contributed by atoms with Crippen LogP contribution in [0.1, 0.15) is 46.0 Å². The molecule has 0 unspecified atom stereocenters.